The number of carbonyl (C=O) groups is 1. The molecule has 0 saturated carbocycles. The van der Waals surface area contributed by atoms with E-state index >= 15 is 0 Å². The van der Waals surface area contributed by atoms with Gasteiger partial charge in [-0.05, 0) is 37.4 Å². The molecule has 156 valence electrons. The van der Waals surface area contributed by atoms with Crippen LogP contribution >= 0.6 is 27.7 Å². The molecule has 0 spiro atoms. The first kappa shape index (κ1) is 24.7. The van der Waals surface area contributed by atoms with Crippen molar-refractivity contribution in [1.82, 2.24) is 4.90 Å². The van der Waals surface area contributed by atoms with Crippen molar-refractivity contribution in [2.45, 2.75) is 18.7 Å². The van der Waals surface area contributed by atoms with E-state index in [1.165, 1.54) is 0 Å². The maximum atomic E-state index is 12.3. The molecule has 3 aromatic rings. The predicted octanol–water partition coefficient (Wildman–Crippen LogP) is 6.21. The van der Waals surface area contributed by atoms with Crippen molar-refractivity contribution in [3.8, 4) is 0 Å². The zero-order valence-electron chi connectivity index (χ0n) is 16.0. The first-order valence-corrected chi connectivity index (χ1v) is 10.8. The number of amides is 1. The molecule has 0 aliphatic carbocycles. The second kappa shape index (κ2) is 13.8. The summed E-state index contributed by atoms with van der Waals surface area (Å²) in [5, 5.41) is 2.99. The second-order valence-electron chi connectivity index (χ2n) is 5.80. The maximum absolute atomic E-state index is 12.3. The molecule has 6 heteroatoms. The summed E-state index contributed by atoms with van der Waals surface area (Å²) in [6.45, 7) is 6.38. The number of benzene rings is 1. The van der Waals surface area contributed by atoms with Crippen LogP contribution < -0.4 is 5.32 Å². The Labute approximate surface area is 191 Å². The van der Waals surface area contributed by atoms with Crippen LogP contribution in [-0.4, -0.2) is 29.8 Å². The molecule has 0 fully saturated rings. The van der Waals surface area contributed by atoms with Crippen LogP contribution in [0.15, 0.2) is 82.2 Å². The summed E-state index contributed by atoms with van der Waals surface area (Å²) in [6, 6.07) is 23.3. The number of nitrogens with one attached hydrogen (secondary N) is 1. The summed E-state index contributed by atoms with van der Waals surface area (Å²) in [5.41, 5.74) is 1.54. The average Bonchev–Trinajstić information content (AvgIpc) is 3.38. The summed E-state index contributed by atoms with van der Waals surface area (Å²) < 4.78 is 0.966. The zero-order chi connectivity index (χ0) is 19.5. The minimum atomic E-state index is -0.0802. The van der Waals surface area contributed by atoms with Gasteiger partial charge in [0.1, 0.15) is 0 Å². The minimum Gasteiger partial charge on any atom is -0.748 e. The molecule has 0 heterocycles. The molecule has 28 heavy (non-hydrogen) atoms. The Balaban J connectivity index is 0.000000567. The topological polar surface area (TPSA) is 32.3 Å². The van der Waals surface area contributed by atoms with Crippen molar-refractivity contribution in [1.29, 1.82) is 0 Å². The van der Waals surface area contributed by atoms with Gasteiger partial charge in [0.05, 0.1) is 0 Å². The molecule has 0 unspecified atom stereocenters. The zero-order valence-corrected chi connectivity index (χ0v) is 19.6. The van der Waals surface area contributed by atoms with E-state index < -0.39 is 0 Å². The van der Waals surface area contributed by atoms with Crippen LogP contribution in [0.5, 0.6) is 0 Å². The molecule has 0 saturated heterocycles. The fraction of sp³-hybridized carbons (Fsp3) is 0.227. The van der Waals surface area contributed by atoms with Gasteiger partial charge in [-0.1, -0.05) is 40.4 Å². The molecule has 1 N–H and O–H groups in total. The summed E-state index contributed by atoms with van der Waals surface area (Å²) in [6.07, 6.45) is 0. The number of anilines is 1. The van der Waals surface area contributed by atoms with E-state index in [2.05, 4.69) is 40.0 Å². The number of carbonyl (C=O) groups excluding carboxylic acids is 1. The monoisotopic (exact) mass is 500 g/mol. The molecule has 3 nitrogen and oxygen atoms in total. The van der Waals surface area contributed by atoms with Crippen LogP contribution in [0, 0.1) is 0 Å². The molecule has 3 aromatic carbocycles. The largest absolute Gasteiger partial charge is 0.748 e. The number of thioether (sulfide) groups is 1. The van der Waals surface area contributed by atoms with Gasteiger partial charge in [0.15, 0.2) is 0 Å². The molecule has 0 aromatic heterocycles. The second-order valence-corrected chi connectivity index (χ2v) is 7.71. The quantitative estimate of drug-likeness (QED) is 0.181. The Hall–Kier alpha value is -1.30. The fourth-order valence-electron chi connectivity index (χ4n) is 2.32. The van der Waals surface area contributed by atoms with Crippen LogP contribution in [-0.2, 0) is 17.1 Å². The standard InChI is InChI=1S/C17H20BrN2OS.C5H5.Fe/c1-3-20(4-2)12-22-16-7-5-6-15(16)19-17(21)13-8-10-14(18)11-9-13;1-2-4-5-3-1;/h5-11H,3-4,12H2,1-2H3,(H,19,21);1-5H;/q-1;-5;. The molecule has 0 bridgehead atoms. The van der Waals surface area contributed by atoms with Crippen LogP contribution in [0.3, 0.4) is 0 Å². The third-order valence-corrected chi connectivity index (χ3v) is 5.67. The number of rotatable bonds is 7. The Morgan fingerprint density at radius 1 is 1.07 bits per heavy atom. The van der Waals surface area contributed by atoms with Gasteiger partial charge in [-0.2, -0.15) is 23.9 Å². The summed E-state index contributed by atoms with van der Waals surface area (Å²) in [7, 11) is 0. The first-order valence-electron chi connectivity index (χ1n) is 8.98. The minimum absolute atomic E-state index is 0. The predicted molar refractivity (Wildman–Crippen MR) is 120 cm³/mol. The van der Waals surface area contributed by atoms with E-state index in [-0.39, 0.29) is 23.0 Å². The van der Waals surface area contributed by atoms with Gasteiger partial charge in [-0.25, -0.2) is 6.07 Å². The molecule has 0 aliphatic heterocycles. The number of hydrogen-bond donors (Lipinski definition) is 1. The van der Waals surface area contributed by atoms with Gasteiger partial charge in [-0.3, -0.25) is 9.69 Å². The van der Waals surface area contributed by atoms with Crippen molar-refractivity contribution in [2.75, 3.05) is 24.3 Å². The first-order chi connectivity index (χ1) is 13.1. The summed E-state index contributed by atoms with van der Waals surface area (Å²) in [4.78, 5) is 15.7. The molecular weight excluding hydrogens is 476 g/mol. The Bertz CT molecular complexity index is 766. The molecule has 0 aliphatic rings. The normalized spacial score (nSPS) is 10.0. The van der Waals surface area contributed by atoms with Gasteiger partial charge < -0.3 is 35.6 Å². The SMILES string of the molecule is CCN(CC)CS[c-]1cccc1NC(=O)c1ccc(Br)cc1.[Fe].[cH-]1[cH-][cH-][cH-][cH-]1. The third kappa shape index (κ3) is 8.38. The van der Waals surface area contributed by atoms with Crippen LogP contribution in [0.25, 0.3) is 0 Å². The molecular formula is C22H25BrFeN2OS-6. The van der Waals surface area contributed by atoms with Gasteiger partial charge in [-0.15, -0.1) is 0 Å². The van der Waals surface area contributed by atoms with Gasteiger partial charge >= 0.3 is 0 Å². The maximum Gasteiger partial charge on any atom is 0.253 e. The van der Waals surface area contributed by atoms with Gasteiger partial charge in [0.25, 0.3) is 5.91 Å². The van der Waals surface area contributed by atoms with E-state index in [1.807, 2.05) is 72.8 Å². The molecule has 0 atom stereocenters. The number of nitrogens with zero attached hydrogens (tertiary/aromatic N) is 1. The molecule has 0 radical (unpaired) electrons. The number of hydrogen-bond acceptors (Lipinski definition) is 3. The average molecular weight is 501 g/mol. The van der Waals surface area contributed by atoms with Gasteiger partial charge in [0, 0.05) is 33.0 Å². The van der Waals surface area contributed by atoms with E-state index in [0.717, 1.165) is 34.0 Å². The van der Waals surface area contributed by atoms with Crippen LogP contribution in [0.2, 0.25) is 0 Å². The van der Waals surface area contributed by atoms with E-state index in [9.17, 15) is 4.79 Å². The van der Waals surface area contributed by atoms with E-state index in [0.29, 0.717) is 5.56 Å². The van der Waals surface area contributed by atoms with Gasteiger partial charge in [0.2, 0.25) is 0 Å². The van der Waals surface area contributed by atoms with E-state index in [1.54, 1.807) is 11.8 Å². The van der Waals surface area contributed by atoms with Crippen LogP contribution in [0.1, 0.15) is 24.2 Å². The molecule has 1 amide bonds. The Kier molecular flexibility index (Phi) is 12.2. The van der Waals surface area contributed by atoms with E-state index in [4.69, 9.17) is 0 Å². The fourth-order valence-corrected chi connectivity index (χ4v) is 3.72. The number of halogens is 1. The van der Waals surface area contributed by atoms with Crippen molar-refractivity contribution in [3.05, 3.63) is 82.8 Å². The van der Waals surface area contributed by atoms with Crippen molar-refractivity contribution in [3.63, 3.8) is 0 Å². The summed E-state index contributed by atoms with van der Waals surface area (Å²) >= 11 is 5.13. The Morgan fingerprint density at radius 2 is 1.64 bits per heavy atom. The Morgan fingerprint density at radius 3 is 2.18 bits per heavy atom. The van der Waals surface area contributed by atoms with Crippen molar-refractivity contribution in [2.24, 2.45) is 0 Å². The van der Waals surface area contributed by atoms with Crippen molar-refractivity contribution < 1.29 is 21.9 Å². The van der Waals surface area contributed by atoms with Crippen LogP contribution in [0.4, 0.5) is 5.69 Å². The third-order valence-electron chi connectivity index (χ3n) is 3.98. The smallest absolute Gasteiger partial charge is 0.253 e. The van der Waals surface area contributed by atoms with Crippen molar-refractivity contribution >= 4 is 39.3 Å². The molecule has 3 rings (SSSR count). The summed E-state index contributed by atoms with van der Waals surface area (Å²) in [5.74, 6) is 0.849.